The lowest BCUT2D eigenvalue weighted by Crippen LogP contribution is -2.37. The maximum atomic E-state index is 11.8. The van der Waals surface area contributed by atoms with E-state index in [2.05, 4.69) is 29.4 Å². The van der Waals surface area contributed by atoms with E-state index in [1.807, 2.05) is 0 Å². The second-order valence-corrected chi connectivity index (χ2v) is 6.72. The number of nitrogens with zero attached hydrogens (tertiary/aromatic N) is 1. The van der Waals surface area contributed by atoms with Crippen molar-refractivity contribution in [2.45, 2.75) is 25.2 Å². The van der Waals surface area contributed by atoms with E-state index in [0.29, 0.717) is 12.2 Å². The van der Waals surface area contributed by atoms with Crippen LogP contribution in [0.4, 0.5) is 5.69 Å². The number of anilines is 1. The first kappa shape index (κ1) is 20.1. The summed E-state index contributed by atoms with van der Waals surface area (Å²) in [5.74, 6) is -1.54. The molecule has 24 heavy (non-hydrogen) atoms. The molecule has 1 aromatic rings. The molecule has 2 amide bonds. The molecule has 1 aromatic carbocycles. The van der Waals surface area contributed by atoms with Crippen molar-refractivity contribution in [2.24, 2.45) is 5.14 Å². The van der Waals surface area contributed by atoms with Gasteiger partial charge in [0.2, 0.25) is 10.0 Å². The molecule has 0 saturated carbocycles. The van der Waals surface area contributed by atoms with Crippen LogP contribution in [-0.4, -0.2) is 51.3 Å². The number of amides is 2. The standard InChI is InChI=1S/C15H24N4O4S/c1-3-19(4-2)11-5-10-17-14(20)15(21)18-12-6-8-13(9-7-12)24(16,22)23/h6-9H,3-5,10-11H2,1-2H3,(H,17,20)(H,18,21)(H2,16,22,23). The van der Waals surface area contributed by atoms with Crippen molar-refractivity contribution >= 4 is 27.5 Å². The van der Waals surface area contributed by atoms with Crippen LogP contribution in [0.25, 0.3) is 0 Å². The van der Waals surface area contributed by atoms with E-state index in [1.54, 1.807) is 0 Å². The number of rotatable bonds is 8. The van der Waals surface area contributed by atoms with Gasteiger partial charge in [-0.05, 0) is 50.3 Å². The van der Waals surface area contributed by atoms with Gasteiger partial charge in [-0.25, -0.2) is 13.6 Å². The fraction of sp³-hybridized carbons (Fsp3) is 0.467. The van der Waals surface area contributed by atoms with Crippen LogP contribution in [0.1, 0.15) is 20.3 Å². The molecule has 0 heterocycles. The highest BCUT2D eigenvalue weighted by Crippen LogP contribution is 2.12. The van der Waals surface area contributed by atoms with Crippen LogP contribution in [0.2, 0.25) is 0 Å². The molecule has 0 aliphatic heterocycles. The minimum Gasteiger partial charge on any atom is -0.348 e. The third kappa shape index (κ3) is 6.65. The highest BCUT2D eigenvalue weighted by Gasteiger charge is 2.14. The molecule has 0 saturated heterocycles. The van der Waals surface area contributed by atoms with Crippen LogP contribution in [0.3, 0.4) is 0 Å². The highest BCUT2D eigenvalue weighted by atomic mass is 32.2. The van der Waals surface area contributed by atoms with Crippen LogP contribution < -0.4 is 15.8 Å². The molecule has 0 unspecified atom stereocenters. The van der Waals surface area contributed by atoms with Crippen LogP contribution in [0, 0.1) is 0 Å². The lowest BCUT2D eigenvalue weighted by atomic mass is 10.3. The Kier molecular flexibility index (Phi) is 7.83. The quantitative estimate of drug-likeness (QED) is 0.451. The molecule has 9 heteroatoms. The molecule has 134 valence electrons. The second kappa shape index (κ2) is 9.36. The van der Waals surface area contributed by atoms with Crippen LogP contribution >= 0.6 is 0 Å². The average molecular weight is 356 g/mol. The number of sulfonamides is 1. The number of nitrogens with one attached hydrogen (secondary N) is 2. The largest absolute Gasteiger partial charge is 0.348 e. The summed E-state index contributed by atoms with van der Waals surface area (Å²) in [7, 11) is -3.79. The lowest BCUT2D eigenvalue weighted by Gasteiger charge is -2.17. The molecular weight excluding hydrogens is 332 g/mol. The molecule has 1 rings (SSSR count). The van der Waals surface area contributed by atoms with Gasteiger partial charge in [0.05, 0.1) is 4.90 Å². The van der Waals surface area contributed by atoms with E-state index in [9.17, 15) is 18.0 Å². The second-order valence-electron chi connectivity index (χ2n) is 5.16. The fourth-order valence-corrected chi connectivity index (χ4v) is 2.56. The highest BCUT2D eigenvalue weighted by molar-refractivity contribution is 7.89. The average Bonchev–Trinajstić information content (AvgIpc) is 2.54. The number of hydrogen-bond acceptors (Lipinski definition) is 5. The summed E-state index contributed by atoms with van der Waals surface area (Å²) >= 11 is 0. The zero-order valence-corrected chi connectivity index (χ0v) is 14.7. The van der Waals surface area contributed by atoms with Gasteiger partial charge in [-0.3, -0.25) is 9.59 Å². The summed E-state index contributed by atoms with van der Waals surface area (Å²) in [6.07, 6.45) is 0.754. The van der Waals surface area contributed by atoms with Gasteiger partial charge in [-0.15, -0.1) is 0 Å². The van der Waals surface area contributed by atoms with Crippen molar-refractivity contribution in [2.75, 3.05) is 31.5 Å². The van der Waals surface area contributed by atoms with Crippen LogP contribution in [-0.2, 0) is 19.6 Å². The third-order valence-corrected chi connectivity index (χ3v) is 4.41. The zero-order chi connectivity index (χ0) is 18.2. The Morgan fingerprint density at radius 2 is 1.67 bits per heavy atom. The van der Waals surface area contributed by atoms with Crippen molar-refractivity contribution < 1.29 is 18.0 Å². The van der Waals surface area contributed by atoms with Crippen LogP contribution in [0.15, 0.2) is 29.2 Å². The predicted octanol–water partition coefficient (Wildman–Crippen LogP) is 0.121. The van der Waals surface area contributed by atoms with Crippen molar-refractivity contribution in [1.29, 1.82) is 0 Å². The van der Waals surface area contributed by atoms with Crippen molar-refractivity contribution in [3.63, 3.8) is 0 Å². The summed E-state index contributed by atoms with van der Waals surface area (Å²) < 4.78 is 22.3. The smallest absolute Gasteiger partial charge is 0.313 e. The zero-order valence-electron chi connectivity index (χ0n) is 13.9. The Morgan fingerprint density at radius 1 is 1.08 bits per heavy atom. The Bertz CT molecular complexity index is 655. The van der Waals surface area contributed by atoms with Crippen molar-refractivity contribution in [1.82, 2.24) is 10.2 Å². The van der Waals surface area contributed by atoms with E-state index in [4.69, 9.17) is 5.14 Å². The molecule has 0 aliphatic carbocycles. The lowest BCUT2D eigenvalue weighted by molar-refractivity contribution is -0.136. The monoisotopic (exact) mass is 356 g/mol. The maximum Gasteiger partial charge on any atom is 0.313 e. The molecule has 0 radical (unpaired) electrons. The minimum atomic E-state index is -3.79. The molecule has 0 aromatic heterocycles. The number of carbonyl (C=O) groups is 2. The third-order valence-electron chi connectivity index (χ3n) is 3.48. The normalized spacial score (nSPS) is 11.3. The van der Waals surface area contributed by atoms with E-state index >= 15 is 0 Å². The Morgan fingerprint density at radius 3 is 2.17 bits per heavy atom. The van der Waals surface area contributed by atoms with Gasteiger partial charge in [0.25, 0.3) is 0 Å². The summed E-state index contributed by atoms with van der Waals surface area (Å²) in [5, 5.41) is 9.93. The molecular formula is C15H24N4O4S. The van der Waals surface area contributed by atoms with E-state index in [1.165, 1.54) is 24.3 Å². The van der Waals surface area contributed by atoms with Gasteiger partial charge in [-0.1, -0.05) is 13.8 Å². The van der Waals surface area contributed by atoms with Crippen molar-refractivity contribution in [3.8, 4) is 0 Å². The molecule has 0 fully saturated rings. The number of nitrogens with two attached hydrogens (primary N) is 1. The molecule has 8 nitrogen and oxygen atoms in total. The predicted molar refractivity (Wildman–Crippen MR) is 91.9 cm³/mol. The number of benzene rings is 1. The van der Waals surface area contributed by atoms with Gasteiger partial charge in [-0.2, -0.15) is 0 Å². The van der Waals surface area contributed by atoms with Gasteiger partial charge in [0, 0.05) is 12.2 Å². The maximum absolute atomic E-state index is 11.8. The number of carbonyl (C=O) groups excluding carboxylic acids is 2. The topological polar surface area (TPSA) is 122 Å². The molecule has 0 aliphatic rings. The first-order chi connectivity index (χ1) is 11.3. The molecule has 0 spiro atoms. The Labute approximate surface area is 142 Å². The van der Waals surface area contributed by atoms with Gasteiger partial charge in [0.15, 0.2) is 0 Å². The summed E-state index contributed by atoms with van der Waals surface area (Å²) in [6.45, 7) is 7.28. The van der Waals surface area contributed by atoms with Crippen LogP contribution in [0.5, 0.6) is 0 Å². The fourth-order valence-electron chi connectivity index (χ4n) is 2.04. The molecule has 4 N–H and O–H groups in total. The van der Waals surface area contributed by atoms with Gasteiger partial charge < -0.3 is 15.5 Å². The van der Waals surface area contributed by atoms with Crippen molar-refractivity contribution in [3.05, 3.63) is 24.3 Å². The SMILES string of the molecule is CCN(CC)CCCNC(=O)C(=O)Nc1ccc(S(N)(=O)=O)cc1. The summed E-state index contributed by atoms with van der Waals surface area (Å²) in [4.78, 5) is 25.6. The molecule has 0 bridgehead atoms. The van der Waals surface area contributed by atoms with E-state index in [0.717, 1.165) is 26.1 Å². The summed E-state index contributed by atoms with van der Waals surface area (Å²) in [6, 6.07) is 5.25. The first-order valence-electron chi connectivity index (χ1n) is 7.72. The minimum absolute atomic E-state index is 0.0682. The Hall–Kier alpha value is -1.97. The molecule has 0 atom stereocenters. The number of primary sulfonamides is 1. The Balaban J connectivity index is 2.43. The number of hydrogen-bond donors (Lipinski definition) is 3. The van der Waals surface area contributed by atoms with Gasteiger partial charge >= 0.3 is 11.8 Å². The van der Waals surface area contributed by atoms with E-state index < -0.39 is 21.8 Å². The first-order valence-corrected chi connectivity index (χ1v) is 9.27. The van der Waals surface area contributed by atoms with E-state index in [-0.39, 0.29) is 4.90 Å². The van der Waals surface area contributed by atoms with Gasteiger partial charge in [0.1, 0.15) is 0 Å². The summed E-state index contributed by atoms with van der Waals surface area (Å²) in [5.41, 5.74) is 0.311.